The molecule has 4 nitrogen and oxygen atoms in total. The van der Waals surface area contributed by atoms with Crippen LogP contribution in [0.25, 0.3) is 11.1 Å². The third kappa shape index (κ3) is 6.35. The summed E-state index contributed by atoms with van der Waals surface area (Å²) in [6, 6.07) is 15.9. The van der Waals surface area contributed by atoms with Gasteiger partial charge in [-0.1, -0.05) is 58.0 Å². The van der Waals surface area contributed by atoms with Gasteiger partial charge < -0.3 is 4.90 Å². The van der Waals surface area contributed by atoms with Crippen molar-refractivity contribution in [3.63, 3.8) is 0 Å². The first-order valence-electron chi connectivity index (χ1n) is 14.9. The summed E-state index contributed by atoms with van der Waals surface area (Å²) in [5.41, 5.74) is 9.62. The van der Waals surface area contributed by atoms with Crippen molar-refractivity contribution in [3.05, 3.63) is 82.9 Å². The van der Waals surface area contributed by atoms with Gasteiger partial charge in [-0.25, -0.2) is 0 Å². The summed E-state index contributed by atoms with van der Waals surface area (Å²) in [5.74, 6) is 1.43. The van der Waals surface area contributed by atoms with E-state index in [0.717, 1.165) is 25.9 Å². The largest absolute Gasteiger partial charge is 0.303 e. The number of rotatable bonds is 12. The molecule has 1 aromatic carbocycles. The lowest BCUT2D eigenvalue weighted by molar-refractivity contribution is 0.154. The van der Waals surface area contributed by atoms with Crippen LogP contribution in [0.3, 0.4) is 0 Å². The zero-order valence-corrected chi connectivity index (χ0v) is 24.0. The molecule has 0 saturated heterocycles. The fraction of sp³-hybridized carbons (Fsp3) is 0.529. The van der Waals surface area contributed by atoms with E-state index in [1.165, 1.54) is 84.5 Å². The van der Waals surface area contributed by atoms with Gasteiger partial charge in [0.2, 0.25) is 0 Å². The molecule has 0 radical (unpaired) electrons. The van der Waals surface area contributed by atoms with E-state index in [4.69, 9.17) is 9.97 Å². The lowest BCUT2D eigenvalue weighted by Gasteiger charge is -2.35. The molecular formula is C34H46N4. The number of unbranched alkanes of at least 4 members (excludes halogenated alkanes) is 1. The Kier molecular flexibility index (Phi) is 8.91. The molecule has 0 amide bonds. The Balaban J connectivity index is 1.34. The van der Waals surface area contributed by atoms with Crippen LogP contribution in [-0.4, -0.2) is 45.9 Å². The molecule has 2 heterocycles. The van der Waals surface area contributed by atoms with Gasteiger partial charge in [0.25, 0.3) is 0 Å². The summed E-state index contributed by atoms with van der Waals surface area (Å²) in [6.07, 6.45) is 11.0. The fourth-order valence-electron chi connectivity index (χ4n) is 6.67. The van der Waals surface area contributed by atoms with Crippen molar-refractivity contribution in [1.29, 1.82) is 0 Å². The molecule has 38 heavy (non-hydrogen) atoms. The normalized spacial score (nSPS) is 16.4. The van der Waals surface area contributed by atoms with Crippen LogP contribution < -0.4 is 0 Å². The van der Waals surface area contributed by atoms with Crippen molar-refractivity contribution in [3.8, 4) is 11.1 Å². The van der Waals surface area contributed by atoms with Crippen LogP contribution in [0.1, 0.15) is 87.5 Å². The van der Waals surface area contributed by atoms with Gasteiger partial charge in [-0.15, -0.1) is 0 Å². The van der Waals surface area contributed by atoms with Crippen LogP contribution in [0.5, 0.6) is 0 Å². The molecule has 0 saturated carbocycles. The Morgan fingerprint density at radius 1 is 0.816 bits per heavy atom. The molecule has 4 heteroatoms. The Morgan fingerprint density at radius 2 is 1.58 bits per heavy atom. The number of nitrogens with zero attached hydrogens (tertiary/aromatic N) is 4. The lowest BCUT2D eigenvalue weighted by atomic mass is 9.90. The number of hydrogen-bond donors (Lipinski definition) is 0. The minimum atomic E-state index is 0.379. The number of aryl methyl sites for hydroxylation is 1. The van der Waals surface area contributed by atoms with Crippen molar-refractivity contribution < 1.29 is 0 Å². The maximum atomic E-state index is 4.98. The second kappa shape index (κ2) is 12.5. The Morgan fingerprint density at radius 3 is 2.39 bits per heavy atom. The van der Waals surface area contributed by atoms with E-state index in [0.29, 0.717) is 17.9 Å². The van der Waals surface area contributed by atoms with Gasteiger partial charge in [0.15, 0.2) is 0 Å². The Labute approximate surface area is 230 Å². The van der Waals surface area contributed by atoms with Crippen molar-refractivity contribution >= 4 is 0 Å². The molecular weight excluding hydrogens is 464 g/mol. The molecule has 0 aliphatic heterocycles. The summed E-state index contributed by atoms with van der Waals surface area (Å²) in [5, 5.41) is 0. The molecule has 0 fully saturated rings. The number of hydrogen-bond acceptors (Lipinski definition) is 4. The molecule has 0 spiro atoms. The molecule has 5 rings (SSSR count). The van der Waals surface area contributed by atoms with Crippen LogP contribution >= 0.6 is 0 Å². The third-order valence-corrected chi connectivity index (χ3v) is 8.20. The van der Waals surface area contributed by atoms with E-state index in [2.05, 4.69) is 80.0 Å². The zero-order valence-electron chi connectivity index (χ0n) is 24.0. The summed E-state index contributed by atoms with van der Waals surface area (Å²) >= 11 is 0. The summed E-state index contributed by atoms with van der Waals surface area (Å²) < 4.78 is 0. The second-order valence-electron chi connectivity index (χ2n) is 12.3. The van der Waals surface area contributed by atoms with Crippen LogP contribution in [-0.2, 0) is 19.4 Å². The average Bonchev–Trinajstić information content (AvgIpc) is 3.29. The maximum Gasteiger partial charge on any atom is 0.0607 e. The first-order valence-corrected chi connectivity index (χ1v) is 14.9. The highest BCUT2D eigenvalue weighted by Crippen LogP contribution is 2.39. The van der Waals surface area contributed by atoms with Gasteiger partial charge in [-0.05, 0) is 97.0 Å². The topological polar surface area (TPSA) is 32.3 Å². The molecule has 3 aromatic rings. The highest BCUT2D eigenvalue weighted by Gasteiger charge is 2.29. The van der Waals surface area contributed by atoms with Crippen LogP contribution in [0.2, 0.25) is 0 Å². The minimum Gasteiger partial charge on any atom is -0.303 e. The van der Waals surface area contributed by atoms with E-state index < -0.39 is 0 Å². The fourth-order valence-corrected chi connectivity index (χ4v) is 6.67. The smallest absolute Gasteiger partial charge is 0.0607 e. The van der Waals surface area contributed by atoms with Crippen molar-refractivity contribution in [2.45, 2.75) is 78.8 Å². The van der Waals surface area contributed by atoms with Crippen LogP contribution in [0.15, 0.2) is 54.9 Å². The highest BCUT2D eigenvalue weighted by atomic mass is 15.2. The molecule has 0 N–H and O–H groups in total. The standard InChI is InChI=1S/C34H46N4/c1-25(2)22-37(23-26(3)4)19-7-8-20-38(33-15-9-12-27-13-10-17-36-34(27)33)24-32-31-21-28-11-5-6-14-29(28)30(31)16-18-35-32/h5-6,10-11,13-14,16-18,25-26,33H,7-9,12,15,19-24H2,1-4H3. The summed E-state index contributed by atoms with van der Waals surface area (Å²) in [7, 11) is 0. The Bertz CT molecular complexity index is 1190. The number of benzene rings is 1. The van der Waals surface area contributed by atoms with Gasteiger partial charge in [-0.2, -0.15) is 0 Å². The minimum absolute atomic E-state index is 0.379. The van der Waals surface area contributed by atoms with Gasteiger partial charge in [0.1, 0.15) is 0 Å². The number of pyridine rings is 2. The molecule has 2 aliphatic rings. The van der Waals surface area contributed by atoms with Gasteiger partial charge >= 0.3 is 0 Å². The molecule has 2 aromatic heterocycles. The first-order chi connectivity index (χ1) is 18.5. The van der Waals surface area contributed by atoms with Crippen molar-refractivity contribution in [2.24, 2.45) is 11.8 Å². The molecule has 2 aliphatic carbocycles. The molecule has 1 unspecified atom stereocenters. The SMILES string of the molecule is CC(C)CN(CCCCN(Cc1nccc2c1Cc1ccccc1-2)C1CCCc2cccnc21)CC(C)C. The third-order valence-electron chi connectivity index (χ3n) is 8.20. The predicted octanol–water partition coefficient (Wildman–Crippen LogP) is 7.32. The van der Waals surface area contributed by atoms with E-state index in [9.17, 15) is 0 Å². The first kappa shape index (κ1) is 27.0. The monoisotopic (exact) mass is 510 g/mol. The summed E-state index contributed by atoms with van der Waals surface area (Å²) in [6.45, 7) is 14.9. The van der Waals surface area contributed by atoms with E-state index in [1.54, 1.807) is 0 Å². The predicted molar refractivity (Wildman–Crippen MR) is 158 cm³/mol. The average molecular weight is 511 g/mol. The second-order valence-corrected chi connectivity index (χ2v) is 12.3. The number of aromatic nitrogens is 2. The zero-order chi connectivity index (χ0) is 26.5. The maximum absolute atomic E-state index is 4.98. The molecule has 202 valence electrons. The van der Waals surface area contributed by atoms with Gasteiger partial charge in [0, 0.05) is 38.4 Å². The van der Waals surface area contributed by atoms with Crippen molar-refractivity contribution in [2.75, 3.05) is 26.2 Å². The van der Waals surface area contributed by atoms with Crippen molar-refractivity contribution in [1.82, 2.24) is 19.8 Å². The quantitative estimate of drug-likeness (QED) is 0.187. The number of fused-ring (bicyclic) bond motifs is 4. The lowest BCUT2D eigenvalue weighted by Crippen LogP contribution is -2.35. The van der Waals surface area contributed by atoms with Crippen LogP contribution in [0.4, 0.5) is 0 Å². The highest BCUT2D eigenvalue weighted by molar-refractivity contribution is 5.77. The molecule has 0 bridgehead atoms. The van der Waals surface area contributed by atoms with E-state index in [-0.39, 0.29) is 0 Å². The van der Waals surface area contributed by atoms with E-state index >= 15 is 0 Å². The van der Waals surface area contributed by atoms with Crippen LogP contribution in [0, 0.1) is 11.8 Å². The Hall–Kier alpha value is -2.56. The van der Waals surface area contributed by atoms with Gasteiger partial charge in [-0.3, -0.25) is 14.9 Å². The molecule has 1 atom stereocenters. The summed E-state index contributed by atoms with van der Waals surface area (Å²) in [4.78, 5) is 15.3. The van der Waals surface area contributed by atoms with E-state index in [1.807, 2.05) is 12.4 Å². The van der Waals surface area contributed by atoms with Gasteiger partial charge in [0.05, 0.1) is 17.4 Å².